The van der Waals surface area contributed by atoms with Crippen LogP contribution < -0.4 is 5.69 Å². The lowest BCUT2D eigenvalue weighted by Gasteiger charge is -1.85. The van der Waals surface area contributed by atoms with Crippen LogP contribution in [0.2, 0.25) is 0 Å². The molecular formula is C7H5FN2O. The zero-order valence-corrected chi connectivity index (χ0v) is 5.54. The van der Waals surface area contributed by atoms with Crippen LogP contribution in [0, 0.1) is 0 Å². The van der Waals surface area contributed by atoms with Crippen LogP contribution in [0.25, 0.3) is 11.0 Å². The average molecular weight is 152 g/mol. The van der Waals surface area contributed by atoms with Crippen LogP contribution in [0.3, 0.4) is 0 Å². The molecule has 1 heterocycles. The Labute approximate surface area is 61.0 Å². The van der Waals surface area contributed by atoms with E-state index in [-0.39, 0.29) is 10.3 Å². The van der Waals surface area contributed by atoms with Gasteiger partial charge >= 0.3 is 5.69 Å². The first-order chi connectivity index (χ1) is 5.29. The van der Waals surface area contributed by atoms with Gasteiger partial charge in [0.05, 0.1) is 5.52 Å². The first kappa shape index (κ1) is 6.15. The van der Waals surface area contributed by atoms with Gasteiger partial charge in [0.1, 0.15) is 5.52 Å². The summed E-state index contributed by atoms with van der Waals surface area (Å²) in [7, 11) is 0. The largest absolute Gasteiger partial charge is 0.354 e. The number of hydrogen-bond acceptors (Lipinski definition) is 1. The molecule has 1 aromatic heterocycles. The number of nitrogens with one attached hydrogen (secondary N) is 1. The van der Waals surface area contributed by atoms with Gasteiger partial charge in [0.2, 0.25) is 0 Å². The number of rotatable bonds is 0. The summed E-state index contributed by atoms with van der Waals surface area (Å²) >= 11 is 0. The Morgan fingerprint density at radius 2 is 2.09 bits per heavy atom. The summed E-state index contributed by atoms with van der Waals surface area (Å²) in [6, 6.07) is 6.59. The van der Waals surface area contributed by atoms with Gasteiger partial charge in [-0.1, -0.05) is 16.6 Å². The van der Waals surface area contributed by atoms with E-state index >= 15 is 0 Å². The van der Waals surface area contributed by atoms with Crippen molar-refractivity contribution >= 4 is 11.0 Å². The average Bonchev–Trinajstić information content (AvgIpc) is 2.30. The van der Waals surface area contributed by atoms with Crippen molar-refractivity contribution < 1.29 is 4.48 Å². The van der Waals surface area contributed by atoms with E-state index < -0.39 is 5.69 Å². The lowest BCUT2D eigenvalue weighted by Crippen LogP contribution is -2.08. The minimum atomic E-state index is -0.730. The van der Waals surface area contributed by atoms with E-state index in [4.69, 9.17) is 0 Å². The molecule has 0 spiro atoms. The van der Waals surface area contributed by atoms with Gasteiger partial charge in [-0.05, 0) is 12.1 Å². The maximum Gasteiger partial charge on any atom is 0.354 e. The van der Waals surface area contributed by atoms with Gasteiger partial charge < -0.3 is 4.98 Å². The van der Waals surface area contributed by atoms with Crippen molar-refractivity contribution in [3.8, 4) is 0 Å². The zero-order valence-electron chi connectivity index (χ0n) is 5.54. The fraction of sp³-hybridized carbons (Fsp3) is 0. The van der Waals surface area contributed by atoms with E-state index in [1.807, 2.05) is 0 Å². The van der Waals surface area contributed by atoms with Crippen molar-refractivity contribution in [3.63, 3.8) is 0 Å². The van der Waals surface area contributed by atoms with E-state index in [2.05, 4.69) is 4.98 Å². The molecule has 0 aliphatic rings. The second kappa shape index (κ2) is 1.95. The highest BCUT2D eigenvalue weighted by Crippen LogP contribution is 2.07. The molecule has 56 valence electrons. The summed E-state index contributed by atoms with van der Waals surface area (Å²) in [4.78, 5) is 13.1. The van der Waals surface area contributed by atoms with Crippen LogP contribution in [-0.4, -0.2) is 9.77 Å². The summed E-state index contributed by atoms with van der Waals surface area (Å²) in [5, 5.41) is 0. The van der Waals surface area contributed by atoms with E-state index in [9.17, 15) is 9.28 Å². The van der Waals surface area contributed by atoms with Gasteiger partial charge in [-0.2, -0.15) is 0 Å². The monoisotopic (exact) mass is 152 g/mol. The summed E-state index contributed by atoms with van der Waals surface area (Å²) < 4.78 is 12.7. The minimum Gasteiger partial charge on any atom is -0.303 e. The Morgan fingerprint density at radius 3 is 2.82 bits per heavy atom. The maximum atomic E-state index is 12.7. The highest BCUT2D eigenvalue weighted by molar-refractivity contribution is 5.74. The molecule has 2 aromatic rings. The summed E-state index contributed by atoms with van der Waals surface area (Å²) in [5.41, 5.74) is 0.0590. The number of halogens is 1. The molecule has 3 nitrogen and oxygen atoms in total. The molecule has 0 saturated carbocycles. The molecule has 1 N–H and O–H groups in total. The van der Waals surface area contributed by atoms with Gasteiger partial charge in [-0.15, -0.1) is 4.79 Å². The normalized spacial score (nSPS) is 10.6. The molecular weight excluding hydrogens is 147 g/mol. The minimum absolute atomic E-state index is 0.0926. The number of imidazole rings is 1. The van der Waals surface area contributed by atoms with Crippen LogP contribution in [0.15, 0.2) is 29.1 Å². The van der Waals surface area contributed by atoms with Crippen molar-refractivity contribution in [1.29, 1.82) is 0 Å². The first-order valence-electron chi connectivity index (χ1n) is 3.15. The standard InChI is InChI=1S/C7H5FN2O/c8-10-6-4-2-1-3-5(6)9-7(10)11/h1-4H,(H,9,11). The number of para-hydroxylation sites is 2. The molecule has 0 amide bonds. The third-order valence-electron chi connectivity index (χ3n) is 1.54. The Kier molecular flexibility index (Phi) is 1.09. The number of aromatic amines is 1. The molecule has 11 heavy (non-hydrogen) atoms. The fourth-order valence-electron chi connectivity index (χ4n) is 1.02. The number of nitrogens with zero attached hydrogens (tertiary/aromatic N) is 1. The zero-order chi connectivity index (χ0) is 7.84. The van der Waals surface area contributed by atoms with Crippen molar-refractivity contribution in [2.75, 3.05) is 0 Å². The van der Waals surface area contributed by atoms with E-state index in [0.717, 1.165) is 0 Å². The quantitative estimate of drug-likeness (QED) is 0.602. The molecule has 0 saturated heterocycles. The van der Waals surface area contributed by atoms with Gasteiger partial charge in [0.15, 0.2) is 0 Å². The molecule has 0 bridgehead atoms. The Hall–Kier alpha value is -1.58. The molecule has 0 atom stereocenters. The predicted octanol–water partition coefficient (Wildman–Crippen LogP) is 1.06. The van der Waals surface area contributed by atoms with E-state index in [0.29, 0.717) is 5.52 Å². The van der Waals surface area contributed by atoms with Crippen LogP contribution >= 0.6 is 0 Å². The van der Waals surface area contributed by atoms with Crippen molar-refractivity contribution in [2.45, 2.75) is 0 Å². The molecule has 0 radical (unpaired) electrons. The number of hydrogen-bond donors (Lipinski definition) is 1. The summed E-state index contributed by atoms with van der Waals surface area (Å²) in [6.45, 7) is 0. The van der Waals surface area contributed by atoms with Crippen LogP contribution in [0.1, 0.15) is 0 Å². The SMILES string of the molecule is O=c1[nH]c2ccccc2n1F. The lowest BCUT2D eigenvalue weighted by atomic mass is 10.3. The van der Waals surface area contributed by atoms with Crippen LogP contribution in [0.5, 0.6) is 0 Å². The van der Waals surface area contributed by atoms with Crippen molar-refractivity contribution in [1.82, 2.24) is 9.77 Å². The molecule has 0 fully saturated rings. The Balaban J connectivity index is 3.04. The Bertz CT molecular complexity index is 443. The fourth-order valence-corrected chi connectivity index (χ4v) is 1.02. The summed E-state index contributed by atoms with van der Waals surface area (Å²) in [5.74, 6) is 0. The number of fused-ring (bicyclic) bond motifs is 1. The second-order valence-corrected chi connectivity index (χ2v) is 2.23. The number of aromatic nitrogens is 2. The van der Waals surface area contributed by atoms with E-state index in [1.165, 1.54) is 6.07 Å². The molecule has 1 aromatic carbocycles. The third kappa shape index (κ3) is 0.756. The van der Waals surface area contributed by atoms with Gasteiger partial charge in [0, 0.05) is 0 Å². The smallest absolute Gasteiger partial charge is 0.303 e. The number of benzene rings is 1. The third-order valence-corrected chi connectivity index (χ3v) is 1.54. The molecule has 4 heteroatoms. The van der Waals surface area contributed by atoms with Crippen molar-refractivity contribution in [2.24, 2.45) is 0 Å². The molecule has 0 aliphatic carbocycles. The van der Waals surface area contributed by atoms with Gasteiger partial charge in [-0.25, -0.2) is 4.79 Å². The van der Waals surface area contributed by atoms with Crippen LogP contribution in [-0.2, 0) is 0 Å². The highest BCUT2D eigenvalue weighted by Gasteiger charge is 2.02. The predicted molar refractivity (Wildman–Crippen MR) is 39.1 cm³/mol. The summed E-state index contributed by atoms with van der Waals surface area (Å²) in [6.07, 6.45) is 0. The Morgan fingerprint density at radius 1 is 1.36 bits per heavy atom. The lowest BCUT2D eigenvalue weighted by molar-refractivity contribution is 0.370. The second-order valence-electron chi connectivity index (χ2n) is 2.23. The topological polar surface area (TPSA) is 37.8 Å². The van der Waals surface area contributed by atoms with Crippen LogP contribution in [0.4, 0.5) is 4.48 Å². The molecule has 0 unspecified atom stereocenters. The first-order valence-corrected chi connectivity index (χ1v) is 3.15. The van der Waals surface area contributed by atoms with Gasteiger partial charge in [-0.3, -0.25) is 0 Å². The van der Waals surface area contributed by atoms with Gasteiger partial charge in [0.25, 0.3) is 0 Å². The molecule has 2 rings (SSSR count). The molecule has 0 aliphatic heterocycles. The highest BCUT2D eigenvalue weighted by atomic mass is 19.2. The maximum absolute atomic E-state index is 12.7. The van der Waals surface area contributed by atoms with E-state index in [1.54, 1.807) is 18.2 Å². The number of H-pyrrole nitrogens is 1. The van der Waals surface area contributed by atoms with Crippen molar-refractivity contribution in [3.05, 3.63) is 34.7 Å².